The highest BCUT2D eigenvalue weighted by Gasteiger charge is 2.15. The summed E-state index contributed by atoms with van der Waals surface area (Å²) in [6.07, 6.45) is 1.19. The van der Waals surface area contributed by atoms with Crippen LogP contribution in [0.15, 0.2) is 84.9 Å². The van der Waals surface area contributed by atoms with E-state index in [2.05, 4.69) is 61.6 Å². The maximum atomic E-state index is 6.04. The Balaban J connectivity index is 1.86. The lowest BCUT2D eigenvalue weighted by Crippen LogP contribution is -2.06. The molecule has 0 saturated heterocycles. The number of ether oxygens (including phenoxy) is 1. The van der Waals surface area contributed by atoms with Crippen molar-refractivity contribution in [1.29, 1.82) is 0 Å². The first kappa shape index (κ1) is 17.5. The molecule has 127 valence electrons. The Morgan fingerprint density at radius 1 is 0.720 bits per heavy atom. The molecule has 0 saturated carbocycles. The zero-order valence-corrected chi connectivity index (χ0v) is 16.0. The first-order chi connectivity index (χ1) is 12.2. The van der Waals surface area contributed by atoms with Crippen LogP contribution in [0.5, 0.6) is 11.5 Å². The lowest BCUT2D eigenvalue weighted by molar-refractivity contribution is 0.481. The molecular weight excluding hydrogens is 320 g/mol. The second kappa shape index (κ2) is 8.68. The van der Waals surface area contributed by atoms with Crippen molar-refractivity contribution in [3.63, 3.8) is 0 Å². The molecule has 3 aromatic carbocycles. The summed E-state index contributed by atoms with van der Waals surface area (Å²) in [6, 6.07) is 30.7. The van der Waals surface area contributed by atoms with Gasteiger partial charge in [-0.2, -0.15) is 0 Å². The molecule has 0 N–H and O–H groups in total. The van der Waals surface area contributed by atoms with Crippen LogP contribution in [0.3, 0.4) is 0 Å². The van der Waals surface area contributed by atoms with Crippen LogP contribution in [0.4, 0.5) is 0 Å². The summed E-state index contributed by atoms with van der Waals surface area (Å²) in [5.74, 6) is 2.21. The Morgan fingerprint density at radius 3 is 2.00 bits per heavy atom. The number of hydrogen-bond donors (Lipinski definition) is 0. The minimum atomic E-state index is -0.233. The minimum Gasteiger partial charge on any atom is -0.457 e. The molecular formula is C23H25OSi. The monoisotopic (exact) mass is 345 g/mol. The molecule has 25 heavy (non-hydrogen) atoms. The minimum absolute atomic E-state index is 0.233. The van der Waals surface area contributed by atoms with E-state index in [1.165, 1.54) is 23.6 Å². The van der Waals surface area contributed by atoms with E-state index in [4.69, 9.17) is 4.74 Å². The van der Waals surface area contributed by atoms with Crippen molar-refractivity contribution in [3.05, 3.63) is 96.1 Å². The highest BCUT2D eigenvalue weighted by molar-refractivity contribution is 6.55. The van der Waals surface area contributed by atoms with E-state index >= 15 is 0 Å². The van der Waals surface area contributed by atoms with Crippen LogP contribution in [0.1, 0.15) is 23.5 Å². The molecule has 0 aliphatic carbocycles. The second-order valence-electron chi connectivity index (χ2n) is 6.70. The third kappa shape index (κ3) is 5.07. The van der Waals surface area contributed by atoms with Gasteiger partial charge in [0.1, 0.15) is 11.5 Å². The molecule has 1 atom stereocenters. The van der Waals surface area contributed by atoms with Gasteiger partial charge >= 0.3 is 0 Å². The summed E-state index contributed by atoms with van der Waals surface area (Å²) in [5, 5.41) is 0. The maximum Gasteiger partial charge on any atom is 0.127 e. The van der Waals surface area contributed by atoms with Gasteiger partial charge in [0.15, 0.2) is 0 Å². The van der Waals surface area contributed by atoms with Crippen LogP contribution in [-0.2, 0) is 0 Å². The molecule has 1 unspecified atom stereocenters. The summed E-state index contributed by atoms with van der Waals surface area (Å²) in [4.78, 5) is 0. The van der Waals surface area contributed by atoms with E-state index in [9.17, 15) is 0 Å². The standard InChI is InChI=1S/C23H25OSi/c1-25(2)17-16-23(19-10-5-3-6-11-19)20-12-9-15-22(18-20)24-21-13-7-4-8-14-21/h3-15,18,23H,16-17H2,1-2H3. The van der Waals surface area contributed by atoms with Crippen molar-refractivity contribution < 1.29 is 4.74 Å². The van der Waals surface area contributed by atoms with Gasteiger partial charge in [-0.05, 0) is 41.8 Å². The summed E-state index contributed by atoms with van der Waals surface area (Å²) < 4.78 is 6.04. The summed E-state index contributed by atoms with van der Waals surface area (Å²) >= 11 is 0. The largest absolute Gasteiger partial charge is 0.457 e. The smallest absolute Gasteiger partial charge is 0.127 e. The van der Waals surface area contributed by atoms with Gasteiger partial charge in [0.05, 0.1) is 0 Å². The average molecular weight is 346 g/mol. The van der Waals surface area contributed by atoms with Crippen molar-refractivity contribution in [2.45, 2.75) is 31.5 Å². The first-order valence-corrected chi connectivity index (χ1v) is 11.6. The van der Waals surface area contributed by atoms with E-state index in [1.54, 1.807) is 0 Å². The Morgan fingerprint density at radius 2 is 1.32 bits per heavy atom. The van der Waals surface area contributed by atoms with Crippen LogP contribution in [0.25, 0.3) is 0 Å². The van der Waals surface area contributed by atoms with Gasteiger partial charge in [-0.1, -0.05) is 79.8 Å². The highest BCUT2D eigenvalue weighted by Crippen LogP contribution is 2.33. The predicted octanol–water partition coefficient (Wildman–Crippen LogP) is 6.76. The normalized spacial score (nSPS) is 12.1. The van der Waals surface area contributed by atoms with E-state index in [1.807, 2.05) is 36.4 Å². The average Bonchev–Trinajstić information content (AvgIpc) is 2.64. The molecule has 0 spiro atoms. The fourth-order valence-corrected chi connectivity index (χ4v) is 3.93. The molecule has 3 aromatic rings. The zero-order valence-electron chi connectivity index (χ0n) is 15.0. The van der Waals surface area contributed by atoms with Gasteiger partial charge in [0, 0.05) is 14.7 Å². The van der Waals surface area contributed by atoms with E-state index < -0.39 is 0 Å². The van der Waals surface area contributed by atoms with Crippen LogP contribution >= 0.6 is 0 Å². The van der Waals surface area contributed by atoms with E-state index in [0.29, 0.717) is 5.92 Å². The molecule has 0 amide bonds. The molecule has 3 rings (SSSR count). The van der Waals surface area contributed by atoms with Crippen molar-refractivity contribution in [2.24, 2.45) is 0 Å². The molecule has 1 radical (unpaired) electrons. The predicted molar refractivity (Wildman–Crippen MR) is 108 cm³/mol. The molecule has 2 heteroatoms. The van der Waals surface area contributed by atoms with Crippen molar-refractivity contribution in [1.82, 2.24) is 0 Å². The molecule has 0 aliphatic heterocycles. The lowest BCUT2D eigenvalue weighted by atomic mass is 9.89. The fraction of sp³-hybridized carbons (Fsp3) is 0.217. The van der Waals surface area contributed by atoms with Crippen molar-refractivity contribution in [2.75, 3.05) is 0 Å². The first-order valence-electron chi connectivity index (χ1n) is 8.89. The molecule has 0 fully saturated rings. The Hall–Kier alpha value is -2.32. The third-order valence-electron chi connectivity index (χ3n) is 4.37. The van der Waals surface area contributed by atoms with Gasteiger partial charge in [0.2, 0.25) is 0 Å². The number of para-hydroxylation sites is 1. The zero-order chi connectivity index (χ0) is 17.5. The van der Waals surface area contributed by atoms with Gasteiger partial charge in [-0.3, -0.25) is 0 Å². The number of rotatable bonds is 7. The lowest BCUT2D eigenvalue weighted by Gasteiger charge is -2.20. The Bertz CT molecular complexity index is 768. The van der Waals surface area contributed by atoms with Gasteiger partial charge in [-0.15, -0.1) is 0 Å². The highest BCUT2D eigenvalue weighted by atomic mass is 28.3. The van der Waals surface area contributed by atoms with E-state index in [-0.39, 0.29) is 8.80 Å². The fourth-order valence-electron chi connectivity index (χ4n) is 3.06. The van der Waals surface area contributed by atoms with E-state index in [0.717, 1.165) is 11.5 Å². The second-order valence-corrected chi connectivity index (χ2v) is 9.61. The third-order valence-corrected chi connectivity index (χ3v) is 5.66. The number of hydrogen-bond acceptors (Lipinski definition) is 1. The SMILES string of the molecule is C[Si](C)CCC(c1ccccc1)c1cccc(Oc2ccccc2)c1. The maximum absolute atomic E-state index is 6.04. The quantitative estimate of drug-likeness (QED) is 0.430. The van der Waals surface area contributed by atoms with Crippen molar-refractivity contribution in [3.8, 4) is 11.5 Å². The van der Waals surface area contributed by atoms with Crippen LogP contribution in [0, 0.1) is 0 Å². The molecule has 0 aromatic heterocycles. The number of benzene rings is 3. The van der Waals surface area contributed by atoms with Crippen molar-refractivity contribution >= 4 is 8.80 Å². The Kier molecular flexibility index (Phi) is 6.07. The molecule has 0 heterocycles. The van der Waals surface area contributed by atoms with Crippen LogP contribution in [0.2, 0.25) is 19.1 Å². The Labute approximate surface area is 152 Å². The van der Waals surface area contributed by atoms with Gasteiger partial charge < -0.3 is 4.74 Å². The molecule has 0 aliphatic rings. The van der Waals surface area contributed by atoms with Gasteiger partial charge in [-0.25, -0.2) is 0 Å². The molecule has 0 bridgehead atoms. The summed E-state index contributed by atoms with van der Waals surface area (Å²) in [6.45, 7) is 4.78. The topological polar surface area (TPSA) is 9.23 Å². The van der Waals surface area contributed by atoms with Crippen LogP contribution in [-0.4, -0.2) is 8.80 Å². The molecule has 1 nitrogen and oxygen atoms in total. The van der Waals surface area contributed by atoms with Gasteiger partial charge in [0.25, 0.3) is 0 Å². The summed E-state index contributed by atoms with van der Waals surface area (Å²) in [7, 11) is -0.233. The van der Waals surface area contributed by atoms with Crippen LogP contribution < -0.4 is 4.74 Å². The summed E-state index contributed by atoms with van der Waals surface area (Å²) in [5.41, 5.74) is 2.73.